The first-order chi connectivity index (χ1) is 7.01. The van der Waals surface area contributed by atoms with Gasteiger partial charge in [0.2, 0.25) is 0 Å². The fourth-order valence-corrected chi connectivity index (χ4v) is 0.760. The second kappa shape index (κ2) is 4.53. The second-order valence-electron chi connectivity index (χ2n) is 2.59. The van der Waals surface area contributed by atoms with E-state index in [0.717, 1.165) is 0 Å². The van der Waals surface area contributed by atoms with Crippen molar-refractivity contribution >= 4 is 11.8 Å². The van der Waals surface area contributed by atoms with Gasteiger partial charge in [0.15, 0.2) is 0 Å². The maximum atomic E-state index is 12.2. The average Bonchev–Trinajstić information content (AvgIpc) is 2.45. The van der Waals surface area contributed by atoms with Gasteiger partial charge < -0.3 is 9.90 Å². The number of carboxylic acids is 1. The van der Waals surface area contributed by atoms with Crippen molar-refractivity contribution < 1.29 is 65.8 Å². The zero-order valence-corrected chi connectivity index (χ0v) is 9.93. The van der Waals surface area contributed by atoms with E-state index in [-0.39, 0.29) is 29.6 Å². The van der Waals surface area contributed by atoms with E-state index >= 15 is 0 Å². The molecule has 0 radical (unpaired) electrons. The van der Waals surface area contributed by atoms with Crippen LogP contribution in [0.5, 0.6) is 0 Å². The maximum absolute atomic E-state index is 12.2. The normalized spacial score (nSPS) is 24.2. The predicted octanol–water partition coefficient (Wildman–Crippen LogP) is -2.57. The summed E-state index contributed by atoms with van der Waals surface area (Å²) in [4.78, 5) is 12.1. The van der Waals surface area contributed by atoms with Crippen LogP contribution in [0.1, 0.15) is 0 Å². The molecule has 0 aromatic rings. The topological polar surface area (TPSA) is 77.2 Å². The number of aliphatic carboxylic acids is 1. The minimum absolute atomic E-state index is 0. The van der Waals surface area contributed by atoms with Crippen LogP contribution in [0.2, 0.25) is 0 Å². The van der Waals surface area contributed by atoms with Gasteiger partial charge in [0.25, 0.3) is 5.84 Å². The fourth-order valence-electron chi connectivity index (χ4n) is 0.760. The zero-order valence-electron chi connectivity index (χ0n) is 7.93. The second-order valence-corrected chi connectivity index (χ2v) is 2.59. The summed E-state index contributed by atoms with van der Waals surface area (Å²) < 4.78 is 72.2. The largest absolute Gasteiger partial charge is 1.00 e. The minimum Gasteiger partial charge on any atom is -0.545 e. The Morgan fingerprint density at radius 2 is 1.65 bits per heavy atom. The molecule has 0 aromatic heterocycles. The van der Waals surface area contributed by atoms with Gasteiger partial charge in [-0.05, 0) is 0 Å². The molecule has 1 aliphatic rings. The number of hydrogen-bond donors (Lipinski definition) is 0. The number of carbonyl (C=O) groups excluding carboxylic acids is 1. The van der Waals surface area contributed by atoms with Gasteiger partial charge in [-0.15, -0.1) is 10.2 Å². The van der Waals surface area contributed by atoms with Crippen LogP contribution in [0, 0.1) is 0 Å². The van der Waals surface area contributed by atoms with Crippen LogP contribution in [0.25, 0.3) is 0 Å². The Kier molecular flexibility index (Phi) is 4.35. The Labute approximate surface area is 111 Å². The number of carboxylic acid groups (broad SMARTS) is 1. The molecule has 0 bridgehead atoms. The zero-order chi connectivity index (χ0) is 12.8. The minimum atomic E-state index is -5.66. The van der Waals surface area contributed by atoms with Crippen LogP contribution in [-0.2, 0) is 4.79 Å². The Morgan fingerprint density at radius 1 is 1.18 bits per heavy atom. The number of alkyl halides is 6. The molecule has 0 N–H and O–H groups in total. The number of amidine groups is 1. The van der Waals surface area contributed by atoms with Crippen molar-refractivity contribution in [3.63, 3.8) is 0 Å². The molecule has 5 nitrogen and oxygen atoms in total. The molecule has 1 aliphatic heterocycles. The summed E-state index contributed by atoms with van der Waals surface area (Å²) in [5.41, 5.74) is -4.31. The van der Waals surface area contributed by atoms with Gasteiger partial charge in [0, 0.05) is 0 Å². The summed E-state index contributed by atoms with van der Waals surface area (Å²) in [6.07, 6.45) is -11.0. The van der Waals surface area contributed by atoms with E-state index in [4.69, 9.17) is 0 Å². The Morgan fingerprint density at radius 3 is 1.82 bits per heavy atom. The van der Waals surface area contributed by atoms with Gasteiger partial charge in [-0.1, -0.05) is 0 Å². The summed E-state index contributed by atoms with van der Waals surface area (Å²) in [6, 6.07) is 0. The molecule has 90 valence electrons. The first kappa shape index (κ1) is 16.3. The van der Waals surface area contributed by atoms with E-state index in [9.17, 15) is 36.2 Å². The van der Waals surface area contributed by atoms with Gasteiger partial charge in [0.1, 0.15) is 5.97 Å². The van der Waals surface area contributed by atoms with Crippen molar-refractivity contribution in [3.8, 4) is 0 Å². The van der Waals surface area contributed by atoms with Gasteiger partial charge in [-0.3, -0.25) is 0 Å². The Bertz CT molecular complexity index is 388. The van der Waals surface area contributed by atoms with E-state index in [1.54, 1.807) is 0 Å². The van der Waals surface area contributed by atoms with Crippen molar-refractivity contribution in [2.24, 2.45) is 15.2 Å². The average molecular weight is 271 g/mol. The van der Waals surface area contributed by atoms with Gasteiger partial charge in [-0.25, -0.2) is 4.99 Å². The van der Waals surface area contributed by atoms with Gasteiger partial charge >= 0.3 is 47.6 Å². The third-order valence-corrected chi connectivity index (χ3v) is 1.49. The van der Waals surface area contributed by atoms with Crippen molar-refractivity contribution in [3.05, 3.63) is 0 Å². The third-order valence-electron chi connectivity index (χ3n) is 1.49. The van der Waals surface area contributed by atoms with Crippen LogP contribution < -0.4 is 34.7 Å². The monoisotopic (exact) mass is 271 g/mol. The van der Waals surface area contributed by atoms with Crippen molar-refractivity contribution in [2.75, 3.05) is 0 Å². The predicted molar refractivity (Wildman–Crippen MR) is 32.1 cm³/mol. The fraction of sp³-hybridized carbons (Fsp3) is 0.600. The quantitative estimate of drug-likeness (QED) is 0.388. The molecule has 1 rings (SSSR count). The van der Waals surface area contributed by atoms with Gasteiger partial charge in [0.05, 0.1) is 0 Å². The number of nitrogens with zero attached hydrogens (tertiary/aromatic N) is 3. The number of halogens is 6. The molecule has 1 heterocycles. The Balaban J connectivity index is 0.00000256. The summed E-state index contributed by atoms with van der Waals surface area (Å²) in [5, 5.41) is 14.2. The number of rotatable bonds is 1. The van der Waals surface area contributed by atoms with Crippen LogP contribution in [0.3, 0.4) is 0 Å². The van der Waals surface area contributed by atoms with E-state index in [2.05, 4.69) is 5.11 Å². The molecule has 0 amide bonds. The number of hydrogen-bond acceptors (Lipinski definition) is 5. The van der Waals surface area contributed by atoms with Crippen LogP contribution in [-0.4, -0.2) is 29.8 Å². The molecule has 12 heteroatoms. The van der Waals surface area contributed by atoms with Gasteiger partial charge in [-0.2, -0.15) is 26.3 Å². The molecule has 1 unspecified atom stereocenters. The molecular weight excluding hydrogens is 271 g/mol. The smallest absolute Gasteiger partial charge is 0.545 e. The first-order valence-corrected chi connectivity index (χ1v) is 3.39. The summed E-state index contributed by atoms with van der Waals surface area (Å²) >= 11 is 0. The number of carbonyl (C=O) groups is 1. The molecule has 0 fully saturated rings. The molecule has 17 heavy (non-hydrogen) atoms. The standard InChI is InChI=1S/C5HF6N3O2.Na/c6-4(7,8)1-12-3(2(15)16,14-13-1)5(9,10)11;/h(H,15,16);/q;+1/p-1. The summed E-state index contributed by atoms with van der Waals surface area (Å²) in [6.45, 7) is 0. The Hall–Kier alpha value is -0.680. The molecule has 0 aromatic carbocycles. The van der Waals surface area contributed by atoms with E-state index < -0.39 is 29.8 Å². The SMILES string of the molecule is O=C([O-])C1(C(F)(F)F)N=NC(C(F)(F)F)=N1.[Na+]. The van der Waals surface area contributed by atoms with E-state index in [1.165, 1.54) is 0 Å². The van der Waals surface area contributed by atoms with Crippen LogP contribution in [0.4, 0.5) is 26.3 Å². The summed E-state index contributed by atoms with van der Waals surface area (Å²) in [7, 11) is 0. The molecule has 0 aliphatic carbocycles. The number of azo groups is 1. The molecule has 0 saturated carbocycles. The molecule has 0 spiro atoms. The van der Waals surface area contributed by atoms with E-state index in [1.807, 2.05) is 10.1 Å². The third kappa shape index (κ3) is 2.77. The molecular formula is C5F6N3NaO2. The number of aliphatic imine (C=N–C) groups is 1. The van der Waals surface area contributed by atoms with Crippen molar-refractivity contribution in [2.45, 2.75) is 18.0 Å². The molecule has 1 atom stereocenters. The first-order valence-electron chi connectivity index (χ1n) is 3.39. The maximum Gasteiger partial charge on any atom is 1.00 e. The van der Waals surface area contributed by atoms with E-state index in [0.29, 0.717) is 0 Å². The van der Waals surface area contributed by atoms with Crippen LogP contribution in [0.15, 0.2) is 15.2 Å². The van der Waals surface area contributed by atoms with Crippen molar-refractivity contribution in [1.29, 1.82) is 0 Å². The summed E-state index contributed by atoms with van der Waals surface area (Å²) in [5.74, 6) is -5.20. The van der Waals surface area contributed by atoms with Crippen molar-refractivity contribution in [1.82, 2.24) is 0 Å². The van der Waals surface area contributed by atoms with Crippen LogP contribution >= 0.6 is 0 Å². The molecule has 0 saturated heterocycles.